The van der Waals surface area contributed by atoms with Crippen molar-refractivity contribution in [2.45, 2.75) is 32.2 Å². The molecule has 0 saturated carbocycles. The third-order valence-corrected chi connectivity index (χ3v) is 3.01. The van der Waals surface area contributed by atoms with Gasteiger partial charge in [0.15, 0.2) is 5.82 Å². The van der Waals surface area contributed by atoms with Crippen LogP contribution in [0.25, 0.3) is 0 Å². The van der Waals surface area contributed by atoms with Crippen molar-refractivity contribution >= 4 is 0 Å². The topological polar surface area (TPSA) is 74.2 Å². The molecule has 0 aliphatic heterocycles. The molecule has 1 aromatic heterocycles. The molecule has 1 atom stereocenters. The summed E-state index contributed by atoms with van der Waals surface area (Å²) < 4.78 is 10.5. The number of nitrogens with two attached hydrogens (primary N) is 1. The number of nitrogens with zero attached hydrogens (tertiary/aromatic N) is 2. The van der Waals surface area contributed by atoms with Gasteiger partial charge in [0.05, 0.1) is 7.11 Å². The number of hydrogen-bond acceptors (Lipinski definition) is 5. The molecule has 2 rings (SSSR count). The fourth-order valence-electron chi connectivity index (χ4n) is 1.83. The van der Waals surface area contributed by atoms with Crippen molar-refractivity contribution in [1.82, 2.24) is 10.1 Å². The number of benzene rings is 1. The molecule has 1 aromatic carbocycles. The summed E-state index contributed by atoms with van der Waals surface area (Å²) in [5.41, 5.74) is 6.90. The maximum atomic E-state index is 5.86. The fourth-order valence-corrected chi connectivity index (χ4v) is 1.83. The van der Waals surface area contributed by atoms with E-state index in [1.54, 1.807) is 7.11 Å². The van der Waals surface area contributed by atoms with E-state index in [1.165, 1.54) is 0 Å². The van der Waals surface area contributed by atoms with Crippen molar-refractivity contribution in [3.63, 3.8) is 0 Å². The summed E-state index contributed by atoms with van der Waals surface area (Å²) in [6, 6.07) is 7.88. The van der Waals surface area contributed by atoms with Crippen molar-refractivity contribution < 1.29 is 9.26 Å². The Morgan fingerprint density at radius 1 is 1.37 bits per heavy atom. The summed E-state index contributed by atoms with van der Waals surface area (Å²) in [5, 5.41) is 3.98. The normalized spacial score (nSPS) is 12.4. The summed E-state index contributed by atoms with van der Waals surface area (Å²) in [6.45, 7) is 2.04. The highest BCUT2D eigenvalue weighted by Gasteiger charge is 2.12. The molecule has 0 saturated heterocycles. The quantitative estimate of drug-likeness (QED) is 0.860. The predicted octanol–water partition coefficient (Wildman–Crippen LogP) is 1.95. The number of aromatic nitrogens is 2. The molecule has 1 unspecified atom stereocenters. The molecule has 0 radical (unpaired) electrons. The Balaban J connectivity index is 2.07. The van der Waals surface area contributed by atoms with E-state index in [0.717, 1.165) is 17.7 Å². The number of methoxy groups -OCH3 is 1. The van der Waals surface area contributed by atoms with Crippen molar-refractivity contribution in [3.8, 4) is 5.75 Å². The zero-order chi connectivity index (χ0) is 13.7. The Labute approximate surface area is 112 Å². The summed E-state index contributed by atoms with van der Waals surface area (Å²) >= 11 is 0. The van der Waals surface area contributed by atoms with Gasteiger partial charge in [0.25, 0.3) is 0 Å². The van der Waals surface area contributed by atoms with E-state index in [1.807, 2.05) is 31.2 Å². The molecule has 1 heterocycles. The summed E-state index contributed by atoms with van der Waals surface area (Å²) in [4.78, 5) is 4.36. The van der Waals surface area contributed by atoms with Gasteiger partial charge in [0.2, 0.25) is 5.89 Å². The second-order valence-corrected chi connectivity index (χ2v) is 4.47. The maximum absolute atomic E-state index is 5.86. The van der Waals surface area contributed by atoms with Crippen LogP contribution in [0.15, 0.2) is 28.8 Å². The minimum absolute atomic E-state index is 0.0690. The van der Waals surface area contributed by atoms with Gasteiger partial charge in [-0.1, -0.05) is 30.3 Å². The molecule has 2 N–H and O–H groups in total. The highest BCUT2D eigenvalue weighted by atomic mass is 16.5. The third-order valence-electron chi connectivity index (χ3n) is 3.01. The van der Waals surface area contributed by atoms with E-state index in [4.69, 9.17) is 15.0 Å². The Kier molecular flexibility index (Phi) is 4.52. The second-order valence-electron chi connectivity index (χ2n) is 4.47. The van der Waals surface area contributed by atoms with E-state index < -0.39 is 0 Å². The minimum Gasteiger partial charge on any atom is -0.496 e. The molecule has 2 aromatic rings. The highest BCUT2D eigenvalue weighted by molar-refractivity contribution is 5.35. The van der Waals surface area contributed by atoms with Crippen LogP contribution in [-0.4, -0.2) is 23.3 Å². The van der Waals surface area contributed by atoms with Crippen LogP contribution < -0.4 is 10.5 Å². The van der Waals surface area contributed by atoms with Crippen LogP contribution >= 0.6 is 0 Å². The minimum atomic E-state index is 0.0690. The Bertz CT molecular complexity index is 525. The first-order valence-corrected chi connectivity index (χ1v) is 6.41. The number of hydrogen-bond donors (Lipinski definition) is 1. The van der Waals surface area contributed by atoms with Gasteiger partial charge < -0.3 is 15.0 Å². The number of para-hydroxylation sites is 1. The van der Waals surface area contributed by atoms with E-state index in [9.17, 15) is 0 Å². The van der Waals surface area contributed by atoms with Crippen LogP contribution in [0.3, 0.4) is 0 Å². The lowest BCUT2D eigenvalue weighted by molar-refractivity contribution is 0.363. The lowest BCUT2D eigenvalue weighted by Gasteiger charge is -2.05. The van der Waals surface area contributed by atoms with Gasteiger partial charge in [0, 0.05) is 24.4 Å². The molecule has 5 nitrogen and oxygen atoms in total. The van der Waals surface area contributed by atoms with Gasteiger partial charge in [-0.3, -0.25) is 0 Å². The van der Waals surface area contributed by atoms with E-state index in [2.05, 4.69) is 10.1 Å². The molecule has 0 aliphatic carbocycles. The first kappa shape index (κ1) is 13.5. The highest BCUT2D eigenvalue weighted by Crippen LogP contribution is 2.19. The molecule has 0 aliphatic rings. The largest absolute Gasteiger partial charge is 0.496 e. The van der Waals surface area contributed by atoms with Crippen molar-refractivity contribution in [2.24, 2.45) is 5.73 Å². The monoisotopic (exact) mass is 261 g/mol. The summed E-state index contributed by atoms with van der Waals surface area (Å²) in [7, 11) is 1.65. The van der Waals surface area contributed by atoms with Crippen LogP contribution in [0.1, 0.15) is 30.6 Å². The number of ether oxygens (including phenoxy) is 1. The molecule has 0 fully saturated rings. The van der Waals surface area contributed by atoms with Crippen molar-refractivity contribution in [3.05, 3.63) is 41.5 Å². The third kappa shape index (κ3) is 3.54. The average molecular weight is 261 g/mol. The van der Waals surface area contributed by atoms with Crippen LogP contribution in [0.2, 0.25) is 0 Å². The second kappa shape index (κ2) is 6.33. The van der Waals surface area contributed by atoms with Gasteiger partial charge >= 0.3 is 0 Å². The van der Waals surface area contributed by atoms with Crippen LogP contribution in [0, 0.1) is 0 Å². The molecule has 19 heavy (non-hydrogen) atoms. The smallest absolute Gasteiger partial charge is 0.228 e. The van der Waals surface area contributed by atoms with Crippen LogP contribution in [0.4, 0.5) is 0 Å². The standard InChI is InChI=1S/C14H19N3O2/c1-3-11(15)9-14-16-13(17-19-14)8-10-6-4-5-7-12(10)18-2/h4-7,11H,3,8-9,15H2,1-2H3. The van der Waals surface area contributed by atoms with E-state index in [-0.39, 0.29) is 6.04 Å². The Morgan fingerprint density at radius 2 is 2.16 bits per heavy atom. The van der Waals surface area contributed by atoms with E-state index >= 15 is 0 Å². The maximum Gasteiger partial charge on any atom is 0.228 e. The zero-order valence-electron chi connectivity index (χ0n) is 11.3. The molecule has 0 amide bonds. The SMILES string of the molecule is CCC(N)Cc1nc(Cc2ccccc2OC)no1. The predicted molar refractivity (Wildman–Crippen MR) is 72.1 cm³/mol. The van der Waals surface area contributed by atoms with Crippen LogP contribution in [-0.2, 0) is 12.8 Å². The lowest BCUT2D eigenvalue weighted by Crippen LogP contribution is -2.21. The molecule has 0 spiro atoms. The Morgan fingerprint density at radius 3 is 2.89 bits per heavy atom. The number of rotatable bonds is 6. The van der Waals surface area contributed by atoms with Gasteiger partial charge in [-0.2, -0.15) is 4.98 Å². The van der Waals surface area contributed by atoms with Gasteiger partial charge in [-0.05, 0) is 12.5 Å². The fraction of sp³-hybridized carbons (Fsp3) is 0.429. The lowest BCUT2D eigenvalue weighted by atomic mass is 10.1. The summed E-state index contributed by atoms with van der Waals surface area (Å²) in [6.07, 6.45) is 2.11. The van der Waals surface area contributed by atoms with Crippen LogP contribution in [0.5, 0.6) is 5.75 Å². The van der Waals surface area contributed by atoms with Gasteiger partial charge in [0.1, 0.15) is 5.75 Å². The van der Waals surface area contributed by atoms with E-state index in [0.29, 0.717) is 24.6 Å². The van der Waals surface area contributed by atoms with Crippen molar-refractivity contribution in [2.75, 3.05) is 7.11 Å². The molecule has 0 bridgehead atoms. The van der Waals surface area contributed by atoms with Crippen molar-refractivity contribution in [1.29, 1.82) is 0 Å². The molecular weight excluding hydrogens is 242 g/mol. The molecular formula is C14H19N3O2. The Hall–Kier alpha value is -1.88. The molecule has 5 heteroatoms. The molecule has 102 valence electrons. The zero-order valence-corrected chi connectivity index (χ0v) is 11.3. The van der Waals surface area contributed by atoms with Gasteiger partial charge in [-0.15, -0.1) is 0 Å². The first-order chi connectivity index (χ1) is 9.22. The average Bonchev–Trinajstić information content (AvgIpc) is 2.86. The first-order valence-electron chi connectivity index (χ1n) is 6.41. The summed E-state index contributed by atoms with van der Waals surface area (Å²) in [5.74, 6) is 2.08. The van der Waals surface area contributed by atoms with Gasteiger partial charge in [-0.25, -0.2) is 0 Å².